The summed E-state index contributed by atoms with van der Waals surface area (Å²) in [6.45, 7) is 7.82. The lowest BCUT2D eigenvalue weighted by Crippen LogP contribution is -2.48. The normalized spacial score (nSPS) is 19.8. The van der Waals surface area contributed by atoms with Gasteiger partial charge in [-0.05, 0) is 57.7 Å². The van der Waals surface area contributed by atoms with E-state index in [0.717, 1.165) is 32.4 Å². The number of carbonyl (C=O) groups excluding carboxylic acids is 1. The highest BCUT2D eigenvalue weighted by molar-refractivity contribution is 5.76. The molecule has 0 aliphatic carbocycles. The molecule has 0 saturated carbocycles. The zero-order valence-electron chi connectivity index (χ0n) is 15.8. The zero-order valence-corrected chi connectivity index (χ0v) is 15.8. The monoisotopic (exact) mass is 332 g/mol. The van der Waals surface area contributed by atoms with Crippen LogP contribution in [0.1, 0.15) is 45.6 Å². The Morgan fingerprint density at radius 1 is 1.33 bits per heavy atom. The van der Waals surface area contributed by atoms with Crippen LogP contribution < -0.4 is 4.90 Å². The SMILES string of the molecule is CCN(C(=O)CCc1cccc(N(C)C)c1)[C@@H]1CCOC(C)(C)C1. The molecule has 1 amide bonds. The van der Waals surface area contributed by atoms with E-state index in [1.807, 2.05) is 14.1 Å². The van der Waals surface area contributed by atoms with E-state index < -0.39 is 0 Å². The summed E-state index contributed by atoms with van der Waals surface area (Å²) in [6.07, 6.45) is 3.23. The maximum atomic E-state index is 12.8. The van der Waals surface area contributed by atoms with Crippen molar-refractivity contribution in [3.8, 4) is 0 Å². The Balaban J connectivity index is 1.96. The summed E-state index contributed by atoms with van der Waals surface area (Å²) in [7, 11) is 4.08. The summed E-state index contributed by atoms with van der Waals surface area (Å²) < 4.78 is 5.79. The molecule has 0 radical (unpaired) electrons. The molecule has 0 bridgehead atoms. The quantitative estimate of drug-likeness (QED) is 0.799. The molecule has 134 valence electrons. The summed E-state index contributed by atoms with van der Waals surface area (Å²) >= 11 is 0. The Kier molecular flexibility index (Phi) is 6.27. The van der Waals surface area contributed by atoms with Crippen LogP contribution in [0.25, 0.3) is 0 Å². The number of hydrogen-bond acceptors (Lipinski definition) is 3. The molecule has 1 aliphatic heterocycles. The fourth-order valence-electron chi connectivity index (χ4n) is 3.49. The molecule has 1 atom stereocenters. The number of ether oxygens (including phenoxy) is 1. The maximum absolute atomic E-state index is 12.8. The number of hydrogen-bond donors (Lipinski definition) is 0. The molecule has 4 nitrogen and oxygen atoms in total. The van der Waals surface area contributed by atoms with E-state index in [-0.39, 0.29) is 11.5 Å². The van der Waals surface area contributed by atoms with Crippen LogP contribution in [0.15, 0.2) is 24.3 Å². The Hall–Kier alpha value is -1.55. The Bertz CT molecular complexity index is 554. The number of carbonyl (C=O) groups is 1. The van der Waals surface area contributed by atoms with Gasteiger partial charge in [-0.15, -0.1) is 0 Å². The van der Waals surface area contributed by atoms with Crippen LogP contribution in [0.3, 0.4) is 0 Å². The van der Waals surface area contributed by atoms with Gasteiger partial charge in [0.2, 0.25) is 5.91 Å². The highest BCUT2D eigenvalue weighted by atomic mass is 16.5. The minimum absolute atomic E-state index is 0.128. The van der Waals surface area contributed by atoms with Gasteiger partial charge < -0.3 is 14.5 Å². The van der Waals surface area contributed by atoms with Gasteiger partial charge in [0, 0.05) is 45.4 Å². The molecule has 1 saturated heterocycles. The molecule has 1 aromatic carbocycles. The first-order valence-electron chi connectivity index (χ1n) is 9.02. The largest absolute Gasteiger partial charge is 0.378 e. The van der Waals surface area contributed by atoms with E-state index in [4.69, 9.17) is 4.74 Å². The minimum Gasteiger partial charge on any atom is -0.378 e. The minimum atomic E-state index is -0.128. The van der Waals surface area contributed by atoms with Crippen LogP contribution in [0.4, 0.5) is 5.69 Å². The fourth-order valence-corrected chi connectivity index (χ4v) is 3.49. The number of benzene rings is 1. The zero-order chi connectivity index (χ0) is 17.7. The molecule has 0 unspecified atom stereocenters. The lowest BCUT2D eigenvalue weighted by Gasteiger charge is -2.41. The predicted octanol–water partition coefficient (Wildman–Crippen LogP) is 3.49. The number of rotatable bonds is 6. The third kappa shape index (κ3) is 4.97. The van der Waals surface area contributed by atoms with Crippen LogP contribution in [0.2, 0.25) is 0 Å². The smallest absolute Gasteiger partial charge is 0.223 e. The summed E-state index contributed by atoms with van der Waals surface area (Å²) in [5, 5.41) is 0. The highest BCUT2D eigenvalue weighted by Gasteiger charge is 2.33. The standard InChI is InChI=1S/C20H32N2O2/c1-6-22(18-12-13-24-20(2,3)15-18)19(23)11-10-16-8-7-9-17(14-16)21(4)5/h7-9,14,18H,6,10-13,15H2,1-5H3/t18-/m1/s1. The molecule has 4 heteroatoms. The van der Waals surface area contributed by atoms with Gasteiger partial charge in [0.15, 0.2) is 0 Å². The summed E-state index contributed by atoms with van der Waals surface area (Å²) in [6, 6.07) is 8.73. The average Bonchev–Trinajstić information content (AvgIpc) is 2.53. The van der Waals surface area contributed by atoms with Crippen LogP contribution in [0, 0.1) is 0 Å². The number of amides is 1. The average molecular weight is 332 g/mol. The topological polar surface area (TPSA) is 32.8 Å². The number of nitrogens with zero attached hydrogens (tertiary/aromatic N) is 2. The van der Waals surface area contributed by atoms with Crippen molar-refractivity contribution < 1.29 is 9.53 Å². The van der Waals surface area contributed by atoms with Crippen molar-refractivity contribution in [3.05, 3.63) is 29.8 Å². The summed E-state index contributed by atoms with van der Waals surface area (Å²) in [4.78, 5) is 16.9. The lowest BCUT2D eigenvalue weighted by atomic mass is 9.92. The van der Waals surface area contributed by atoms with Crippen LogP contribution in [0.5, 0.6) is 0 Å². The van der Waals surface area contributed by atoms with Crippen LogP contribution in [-0.2, 0) is 16.0 Å². The molecule has 2 rings (SSSR count). The Labute approximate surface area is 146 Å². The fraction of sp³-hybridized carbons (Fsp3) is 0.650. The van der Waals surface area contributed by atoms with E-state index in [1.165, 1.54) is 11.3 Å². The van der Waals surface area contributed by atoms with Crippen molar-refractivity contribution in [2.24, 2.45) is 0 Å². The van der Waals surface area contributed by atoms with E-state index in [0.29, 0.717) is 12.5 Å². The maximum Gasteiger partial charge on any atom is 0.223 e. The van der Waals surface area contributed by atoms with E-state index in [2.05, 4.69) is 54.8 Å². The van der Waals surface area contributed by atoms with Gasteiger partial charge in [-0.25, -0.2) is 0 Å². The van der Waals surface area contributed by atoms with E-state index in [9.17, 15) is 4.79 Å². The van der Waals surface area contributed by atoms with Gasteiger partial charge in [0.05, 0.1) is 5.60 Å². The first kappa shape index (κ1) is 18.8. The second-order valence-electron chi connectivity index (χ2n) is 7.50. The van der Waals surface area contributed by atoms with Gasteiger partial charge in [-0.3, -0.25) is 4.79 Å². The summed E-state index contributed by atoms with van der Waals surface area (Å²) in [5.41, 5.74) is 2.27. The molecule has 0 spiro atoms. The van der Waals surface area contributed by atoms with Gasteiger partial charge in [0.25, 0.3) is 0 Å². The number of aryl methyl sites for hydroxylation is 1. The van der Waals surface area contributed by atoms with Gasteiger partial charge in [0.1, 0.15) is 0 Å². The molecular weight excluding hydrogens is 300 g/mol. The molecule has 0 aromatic heterocycles. The van der Waals surface area contributed by atoms with Crippen molar-refractivity contribution in [2.45, 2.75) is 58.1 Å². The molecule has 24 heavy (non-hydrogen) atoms. The lowest BCUT2D eigenvalue weighted by molar-refractivity contribution is -0.139. The Morgan fingerprint density at radius 3 is 2.71 bits per heavy atom. The molecule has 0 N–H and O–H groups in total. The van der Waals surface area contributed by atoms with Crippen molar-refractivity contribution in [1.29, 1.82) is 0 Å². The van der Waals surface area contributed by atoms with E-state index >= 15 is 0 Å². The first-order valence-corrected chi connectivity index (χ1v) is 9.02. The van der Waals surface area contributed by atoms with Crippen LogP contribution >= 0.6 is 0 Å². The molecule has 1 aliphatic rings. The van der Waals surface area contributed by atoms with Crippen molar-refractivity contribution in [3.63, 3.8) is 0 Å². The van der Waals surface area contributed by atoms with Gasteiger partial charge in [-0.1, -0.05) is 12.1 Å². The molecule has 1 aromatic rings. The van der Waals surface area contributed by atoms with E-state index in [1.54, 1.807) is 0 Å². The number of anilines is 1. The van der Waals surface area contributed by atoms with Gasteiger partial charge >= 0.3 is 0 Å². The third-order valence-corrected chi connectivity index (χ3v) is 4.83. The highest BCUT2D eigenvalue weighted by Crippen LogP contribution is 2.28. The second kappa shape index (κ2) is 8.02. The third-order valence-electron chi connectivity index (χ3n) is 4.83. The first-order chi connectivity index (χ1) is 11.3. The second-order valence-corrected chi connectivity index (χ2v) is 7.50. The molecule has 1 fully saturated rings. The van der Waals surface area contributed by atoms with Gasteiger partial charge in [-0.2, -0.15) is 0 Å². The summed E-state index contributed by atoms with van der Waals surface area (Å²) in [5.74, 6) is 0.260. The van der Waals surface area contributed by atoms with Crippen molar-refractivity contribution in [1.82, 2.24) is 4.90 Å². The molecular formula is C20H32N2O2. The van der Waals surface area contributed by atoms with Crippen molar-refractivity contribution >= 4 is 11.6 Å². The van der Waals surface area contributed by atoms with Crippen molar-refractivity contribution in [2.75, 3.05) is 32.1 Å². The molecule has 1 heterocycles. The Morgan fingerprint density at radius 2 is 2.08 bits per heavy atom. The predicted molar refractivity (Wildman–Crippen MR) is 99.5 cm³/mol. The van der Waals surface area contributed by atoms with Crippen LogP contribution in [-0.4, -0.2) is 49.7 Å².